The fourth-order valence-electron chi connectivity index (χ4n) is 4.96. The van der Waals surface area contributed by atoms with Crippen LogP contribution in [0.15, 0.2) is 66.9 Å². The molecule has 0 saturated carbocycles. The van der Waals surface area contributed by atoms with Crippen molar-refractivity contribution in [3.05, 3.63) is 94.2 Å². The smallest absolute Gasteiger partial charge is 0.223 e. The molecule has 39 heavy (non-hydrogen) atoms. The van der Waals surface area contributed by atoms with Crippen LogP contribution in [0.3, 0.4) is 0 Å². The number of anilines is 1. The fraction of sp³-hybridized carbons (Fsp3) is 0.387. The van der Waals surface area contributed by atoms with Crippen LogP contribution in [-0.4, -0.2) is 51.1 Å². The summed E-state index contributed by atoms with van der Waals surface area (Å²) >= 11 is 12.7. The predicted octanol–water partition coefficient (Wildman–Crippen LogP) is 7.56. The Balaban J connectivity index is 1.71. The predicted molar refractivity (Wildman–Crippen MR) is 164 cm³/mol. The van der Waals surface area contributed by atoms with Crippen LogP contribution in [0.25, 0.3) is 11.3 Å². The van der Waals surface area contributed by atoms with Crippen LogP contribution in [0.4, 0.5) is 5.95 Å². The number of nitrogens with zero attached hydrogens (tertiary/aromatic N) is 5. The first-order valence-corrected chi connectivity index (χ1v) is 14.4. The highest BCUT2D eigenvalue weighted by atomic mass is 35.5. The van der Waals surface area contributed by atoms with Crippen molar-refractivity contribution >= 4 is 29.2 Å². The number of piperidine rings is 1. The summed E-state index contributed by atoms with van der Waals surface area (Å²) in [5.74, 6) is 2.18. The maximum absolute atomic E-state index is 6.46. The molecule has 0 amide bonds. The normalized spacial score (nSPS) is 15.3. The maximum Gasteiger partial charge on any atom is 0.223 e. The maximum atomic E-state index is 6.46. The lowest BCUT2D eigenvalue weighted by Crippen LogP contribution is -2.30. The molecule has 3 aromatic rings. The summed E-state index contributed by atoms with van der Waals surface area (Å²) in [6.07, 6.45) is 13.5. The Labute approximate surface area is 242 Å². The Morgan fingerprint density at radius 1 is 1.15 bits per heavy atom. The molecule has 8 heteroatoms. The molecule has 0 unspecified atom stereocenters. The molecule has 0 bridgehead atoms. The summed E-state index contributed by atoms with van der Waals surface area (Å²) in [7, 11) is 2.19. The van der Waals surface area contributed by atoms with E-state index in [1.54, 1.807) is 0 Å². The van der Waals surface area contributed by atoms with Crippen LogP contribution in [0, 0.1) is 0 Å². The van der Waals surface area contributed by atoms with Crippen LogP contribution in [0.5, 0.6) is 0 Å². The average molecular weight is 566 g/mol. The van der Waals surface area contributed by atoms with Gasteiger partial charge in [0.05, 0.1) is 27.1 Å². The van der Waals surface area contributed by atoms with Gasteiger partial charge in [-0.05, 0) is 70.1 Å². The van der Waals surface area contributed by atoms with Crippen molar-refractivity contribution in [3.63, 3.8) is 0 Å². The lowest BCUT2D eigenvalue weighted by molar-refractivity contribution is 0.248. The van der Waals surface area contributed by atoms with Crippen LogP contribution in [0.2, 0.25) is 10.0 Å². The van der Waals surface area contributed by atoms with E-state index in [0.29, 0.717) is 34.9 Å². The van der Waals surface area contributed by atoms with E-state index < -0.39 is 0 Å². The average Bonchev–Trinajstić information content (AvgIpc) is 3.29. The summed E-state index contributed by atoms with van der Waals surface area (Å²) < 4.78 is 2.43. The second kappa shape index (κ2) is 13.9. The number of nitrogens with one attached hydrogen (secondary N) is 1. The molecular weight excluding hydrogens is 527 g/mol. The molecule has 1 aliphatic rings. The molecule has 206 valence electrons. The molecule has 0 spiro atoms. The third-order valence-corrected chi connectivity index (χ3v) is 7.84. The zero-order valence-corrected chi connectivity index (χ0v) is 24.6. The van der Waals surface area contributed by atoms with Gasteiger partial charge in [-0.2, -0.15) is 0 Å². The van der Waals surface area contributed by atoms with E-state index in [-0.39, 0.29) is 0 Å². The van der Waals surface area contributed by atoms with Gasteiger partial charge in [-0.1, -0.05) is 67.1 Å². The Bertz CT molecular complexity index is 1330. The monoisotopic (exact) mass is 564 g/mol. The molecule has 1 saturated heterocycles. The van der Waals surface area contributed by atoms with Crippen molar-refractivity contribution in [1.82, 2.24) is 24.4 Å². The standard InChI is InChI=1S/C31H38Cl2N6/c1-5-8-9-22(7-3)21-35-31-34-15-12-25(36-31)20-28-29(24-10-11-26(32)27(33)19-24)37-30(39(28)16-6-2)23-13-17-38(4)18-14-23/h5,7-12,15,19,23H,3,6,13-14,16-18,20-21H2,1-2,4H3,(H,34,35,36)/b8-5-,22-9+. The van der Waals surface area contributed by atoms with E-state index in [4.69, 9.17) is 33.2 Å². The SMILES string of the molecule is C=C/C(=C\C=C/C)CNc1nccc(Cc2c(-c3ccc(Cl)c(Cl)c3)nc(C3CCN(C)CC3)n2CCC)n1. The molecule has 0 radical (unpaired) electrons. The largest absolute Gasteiger partial charge is 0.350 e. The van der Waals surface area contributed by atoms with E-state index in [1.807, 2.05) is 61.7 Å². The molecule has 1 N–H and O–H groups in total. The number of aromatic nitrogens is 4. The van der Waals surface area contributed by atoms with Gasteiger partial charge in [-0.3, -0.25) is 0 Å². The topological polar surface area (TPSA) is 58.9 Å². The summed E-state index contributed by atoms with van der Waals surface area (Å²) in [4.78, 5) is 17.0. The number of benzene rings is 1. The van der Waals surface area contributed by atoms with Crippen LogP contribution in [-0.2, 0) is 13.0 Å². The van der Waals surface area contributed by atoms with Crippen molar-refractivity contribution < 1.29 is 0 Å². The minimum absolute atomic E-state index is 0.423. The minimum atomic E-state index is 0.423. The van der Waals surface area contributed by atoms with Gasteiger partial charge >= 0.3 is 0 Å². The molecule has 1 aliphatic heterocycles. The molecule has 6 nitrogen and oxygen atoms in total. The van der Waals surface area contributed by atoms with E-state index in [2.05, 4.69) is 40.3 Å². The van der Waals surface area contributed by atoms with Gasteiger partial charge in [0.25, 0.3) is 0 Å². The van der Waals surface area contributed by atoms with E-state index in [9.17, 15) is 0 Å². The number of rotatable bonds is 11. The lowest BCUT2D eigenvalue weighted by Gasteiger charge is -2.29. The first-order chi connectivity index (χ1) is 18.9. The second-order valence-electron chi connectivity index (χ2n) is 10.00. The van der Waals surface area contributed by atoms with Crippen molar-refractivity contribution in [2.24, 2.45) is 0 Å². The van der Waals surface area contributed by atoms with Crippen LogP contribution >= 0.6 is 23.2 Å². The molecule has 0 aliphatic carbocycles. The van der Waals surface area contributed by atoms with Gasteiger partial charge in [0, 0.05) is 37.2 Å². The first kappa shape index (κ1) is 29.1. The zero-order valence-electron chi connectivity index (χ0n) is 23.1. The summed E-state index contributed by atoms with van der Waals surface area (Å²) in [5.41, 5.74) is 5.06. The number of hydrogen-bond acceptors (Lipinski definition) is 5. The van der Waals surface area contributed by atoms with E-state index in [0.717, 1.165) is 72.9 Å². The van der Waals surface area contributed by atoms with Crippen LogP contribution < -0.4 is 5.32 Å². The second-order valence-corrected chi connectivity index (χ2v) is 10.8. The molecule has 2 aromatic heterocycles. The zero-order chi connectivity index (χ0) is 27.8. The van der Waals surface area contributed by atoms with Gasteiger partial charge in [-0.15, -0.1) is 0 Å². The van der Waals surface area contributed by atoms with Crippen molar-refractivity contribution in [3.8, 4) is 11.3 Å². The fourth-order valence-corrected chi connectivity index (χ4v) is 5.26. The Kier molecular flexibility index (Phi) is 10.4. The van der Waals surface area contributed by atoms with Gasteiger partial charge < -0.3 is 14.8 Å². The molecule has 1 aromatic carbocycles. The van der Waals surface area contributed by atoms with Crippen LogP contribution in [0.1, 0.15) is 56.2 Å². The summed E-state index contributed by atoms with van der Waals surface area (Å²) in [6.45, 7) is 11.8. The molecule has 3 heterocycles. The number of hydrogen-bond donors (Lipinski definition) is 1. The highest BCUT2D eigenvalue weighted by molar-refractivity contribution is 6.42. The molecule has 1 fully saturated rings. The van der Waals surface area contributed by atoms with E-state index in [1.165, 1.54) is 0 Å². The highest BCUT2D eigenvalue weighted by Crippen LogP contribution is 2.36. The summed E-state index contributed by atoms with van der Waals surface area (Å²) in [6, 6.07) is 7.76. The Morgan fingerprint density at radius 2 is 1.95 bits per heavy atom. The Hall–Kier alpha value is -2.93. The van der Waals surface area contributed by atoms with Gasteiger partial charge in [0.1, 0.15) is 5.82 Å². The van der Waals surface area contributed by atoms with Gasteiger partial charge in [0.15, 0.2) is 0 Å². The lowest BCUT2D eigenvalue weighted by atomic mass is 9.96. The minimum Gasteiger partial charge on any atom is -0.350 e. The van der Waals surface area contributed by atoms with E-state index >= 15 is 0 Å². The summed E-state index contributed by atoms with van der Waals surface area (Å²) in [5, 5.41) is 4.41. The third kappa shape index (κ3) is 7.38. The molecule has 4 rings (SSSR count). The van der Waals surface area contributed by atoms with Crippen molar-refractivity contribution in [2.45, 2.75) is 52.0 Å². The van der Waals surface area contributed by atoms with Gasteiger partial charge in [-0.25, -0.2) is 15.0 Å². The number of halogens is 2. The highest BCUT2D eigenvalue weighted by Gasteiger charge is 2.27. The molecular formula is C31H38Cl2N6. The quantitative estimate of drug-likeness (QED) is 0.243. The van der Waals surface area contributed by atoms with Gasteiger partial charge in [0.2, 0.25) is 5.95 Å². The third-order valence-electron chi connectivity index (χ3n) is 7.10. The first-order valence-electron chi connectivity index (χ1n) is 13.7. The van der Waals surface area contributed by atoms with Crippen molar-refractivity contribution in [1.29, 1.82) is 0 Å². The Morgan fingerprint density at radius 3 is 2.64 bits per heavy atom. The van der Waals surface area contributed by atoms with Crippen molar-refractivity contribution in [2.75, 3.05) is 32.0 Å². The molecule has 0 atom stereocenters. The number of likely N-dealkylation sites (tertiary alicyclic amines) is 1. The number of allylic oxidation sites excluding steroid dienone is 3. The number of imidazole rings is 1.